The summed E-state index contributed by atoms with van der Waals surface area (Å²) in [5.41, 5.74) is 1.99. The summed E-state index contributed by atoms with van der Waals surface area (Å²) in [7, 11) is 0. The molecule has 0 radical (unpaired) electrons. The van der Waals surface area contributed by atoms with Crippen LogP contribution >= 0.6 is 11.8 Å². The van der Waals surface area contributed by atoms with E-state index in [1.54, 1.807) is 12.1 Å². The zero-order valence-electron chi connectivity index (χ0n) is 17.8. The van der Waals surface area contributed by atoms with Crippen molar-refractivity contribution < 1.29 is 32.6 Å². The highest BCUT2D eigenvalue weighted by Gasteiger charge is 2.53. The maximum Gasteiger partial charge on any atom is 0.573 e. The molecule has 2 aromatic rings. The molecule has 178 valence electrons. The van der Waals surface area contributed by atoms with E-state index in [4.69, 9.17) is 4.74 Å². The second kappa shape index (κ2) is 9.44. The minimum Gasteiger partial charge on any atom is -0.457 e. The van der Waals surface area contributed by atoms with Gasteiger partial charge in [0.1, 0.15) is 22.0 Å². The van der Waals surface area contributed by atoms with Crippen LogP contribution in [0.15, 0.2) is 53.4 Å². The molecule has 1 saturated carbocycles. The predicted molar refractivity (Wildman–Crippen MR) is 117 cm³/mol. The van der Waals surface area contributed by atoms with Crippen molar-refractivity contribution >= 4 is 17.7 Å². The zero-order chi connectivity index (χ0) is 23.5. The Labute approximate surface area is 193 Å². The summed E-state index contributed by atoms with van der Waals surface area (Å²) in [6.45, 7) is 1.88. The van der Waals surface area contributed by atoms with Crippen molar-refractivity contribution in [1.29, 1.82) is 0 Å². The van der Waals surface area contributed by atoms with Gasteiger partial charge in [-0.2, -0.15) is 0 Å². The fourth-order valence-electron chi connectivity index (χ4n) is 4.71. The molecule has 33 heavy (non-hydrogen) atoms. The van der Waals surface area contributed by atoms with Crippen molar-refractivity contribution in [1.82, 2.24) is 10.8 Å². The third-order valence-electron chi connectivity index (χ3n) is 6.33. The molecule has 1 unspecified atom stereocenters. The lowest BCUT2D eigenvalue weighted by Gasteiger charge is -2.36. The number of amides is 1. The molecule has 4 rings (SSSR count). The first-order chi connectivity index (χ1) is 15.7. The number of benzene rings is 2. The van der Waals surface area contributed by atoms with Crippen LogP contribution in [-0.4, -0.2) is 35.3 Å². The number of hydrogen-bond acceptors (Lipinski definition) is 6. The molecule has 2 aliphatic rings. The number of alkyl halides is 3. The zero-order valence-corrected chi connectivity index (χ0v) is 18.6. The van der Waals surface area contributed by atoms with Crippen molar-refractivity contribution in [2.45, 2.75) is 48.1 Å². The van der Waals surface area contributed by atoms with Crippen LogP contribution in [0.5, 0.6) is 17.2 Å². The minimum absolute atomic E-state index is 0.121. The van der Waals surface area contributed by atoms with Crippen LogP contribution in [0.2, 0.25) is 0 Å². The van der Waals surface area contributed by atoms with E-state index in [2.05, 4.69) is 10.1 Å². The number of halogens is 3. The Morgan fingerprint density at radius 3 is 2.09 bits per heavy atom. The molecular formula is C23H25F3N2O4S. The smallest absolute Gasteiger partial charge is 0.457 e. The number of thioether (sulfide) groups is 1. The first kappa shape index (κ1) is 23.7. The highest BCUT2D eigenvalue weighted by Crippen LogP contribution is 2.56. The van der Waals surface area contributed by atoms with E-state index in [0.29, 0.717) is 24.3 Å². The SMILES string of the molecule is O=C(NO)C1(Sc2ccc(Oc3ccc(OC(F)(F)F)cc3)cc2)CCC2(CCNCC2)C1. The molecule has 1 amide bonds. The van der Waals surface area contributed by atoms with Crippen LogP contribution in [0, 0.1) is 5.41 Å². The molecule has 1 aliphatic heterocycles. The molecule has 1 heterocycles. The number of hydrogen-bond donors (Lipinski definition) is 3. The van der Waals surface area contributed by atoms with Gasteiger partial charge in [-0.1, -0.05) is 0 Å². The Kier molecular flexibility index (Phi) is 6.78. The highest BCUT2D eigenvalue weighted by molar-refractivity contribution is 8.01. The number of rotatable bonds is 6. The van der Waals surface area contributed by atoms with Crippen LogP contribution in [0.1, 0.15) is 32.1 Å². The second-order valence-corrected chi connectivity index (χ2v) is 10.0. The van der Waals surface area contributed by atoms with Crippen LogP contribution in [0.25, 0.3) is 0 Å². The third-order valence-corrected chi connectivity index (χ3v) is 7.76. The van der Waals surface area contributed by atoms with Gasteiger partial charge >= 0.3 is 6.36 Å². The number of ether oxygens (including phenoxy) is 2. The molecule has 1 spiro atoms. The highest BCUT2D eigenvalue weighted by atomic mass is 32.2. The summed E-state index contributed by atoms with van der Waals surface area (Å²) >= 11 is 1.45. The average Bonchev–Trinajstić information content (AvgIpc) is 3.14. The fourth-order valence-corrected chi connectivity index (χ4v) is 6.15. The van der Waals surface area contributed by atoms with Gasteiger partial charge in [-0.05, 0) is 99.1 Å². The molecule has 0 bridgehead atoms. The van der Waals surface area contributed by atoms with Crippen LogP contribution < -0.4 is 20.3 Å². The Hall–Kier alpha value is -2.43. The fraction of sp³-hybridized carbons (Fsp3) is 0.435. The van der Waals surface area contributed by atoms with Gasteiger partial charge in [0.05, 0.1) is 0 Å². The average molecular weight is 483 g/mol. The molecule has 3 N–H and O–H groups in total. The van der Waals surface area contributed by atoms with Gasteiger partial charge in [0.15, 0.2) is 0 Å². The summed E-state index contributed by atoms with van der Waals surface area (Å²) in [4.78, 5) is 13.6. The van der Waals surface area contributed by atoms with Gasteiger partial charge in [0.2, 0.25) is 0 Å². The van der Waals surface area contributed by atoms with Crippen molar-refractivity contribution in [3.63, 3.8) is 0 Å². The van der Waals surface area contributed by atoms with Crippen molar-refractivity contribution in [3.8, 4) is 17.2 Å². The van der Waals surface area contributed by atoms with Gasteiger partial charge in [0, 0.05) is 4.90 Å². The van der Waals surface area contributed by atoms with Crippen LogP contribution in [0.3, 0.4) is 0 Å². The Morgan fingerprint density at radius 2 is 1.52 bits per heavy atom. The Bertz CT molecular complexity index is 963. The van der Waals surface area contributed by atoms with E-state index in [9.17, 15) is 23.2 Å². The van der Waals surface area contributed by atoms with Gasteiger partial charge in [0.25, 0.3) is 5.91 Å². The van der Waals surface area contributed by atoms with Gasteiger partial charge in [-0.3, -0.25) is 10.0 Å². The molecule has 6 nitrogen and oxygen atoms in total. The molecule has 2 fully saturated rings. The van der Waals surface area contributed by atoms with E-state index < -0.39 is 11.1 Å². The maximum absolute atomic E-state index is 12.7. The number of carbonyl (C=O) groups is 1. The van der Waals surface area contributed by atoms with Gasteiger partial charge < -0.3 is 14.8 Å². The normalized spacial score (nSPS) is 22.2. The topological polar surface area (TPSA) is 79.8 Å². The quantitative estimate of drug-likeness (QED) is 0.385. The number of carbonyl (C=O) groups excluding carboxylic acids is 1. The number of hydroxylamine groups is 1. The second-order valence-electron chi connectivity index (χ2n) is 8.56. The van der Waals surface area contributed by atoms with Gasteiger partial charge in [-0.25, -0.2) is 5.48 Å². The van der Waals surface area contributed by atoms with Crippen LogP contribution in [0.4, 0.5) is 13.2 Å². The maximum atomic E-state index is 12.7. The minimum atomic E-state index is -4.74. The van der Waals surface area contributed by atoms with E-state index in [-0.39, 0.29) is 17.1 Å². The molecule has 1 aliphatic carbocycles. The summed E-state index contributed by atoms with van der Waals surface area (Å²) in [6, 6.07) is 12.3. The van der Waals surface area contributed by atoms with Crippen LogP contribution in [-0.2, 0) is 4.79 Å². The van der Waals surface area contributed by atoms with E-state index >= 15 is 0 Å². The number of nitrogens with one attached hydrogen (secondary N) is 2. The summed E-state index contributed by atoms with van der Waals surface area (Å²) < 4.78 is 45.7. The van der Waals surface area contributed by atoms with E-state index in [0.717, 1.165) is 37.2 Å². The third kappa shape index (κ3) is 5.74. The molecule has 1 atom stereocenters. The van der Waals surface area contributed by atoms with E-state index in [1.807, 2.05) is 17.6 Å². The standard InChI is InChI=1S/C23H25F3N2O4S/c24-23(25,26)32-18-3-1-16(2-4-18)31-17-5-7-19(8-6-17)33-22(20(29)28-30)10-9-21(15-22)11-13-27-14-12-21/h1-8,27,30H,9-15H2,(H,28,29). The monoisotopic (exact) mass is 482 g/mol. The predicted octanol–water partition coefficient (Wildman–Crippen LogP) is 5.27. The molecule has 0 aromatic heterocycles. The Morgan fingerprint density at radius 1 is 0.939 bits per heavy atom. The summed E-state index contributed by atoms with van der Waals surface area (Å²) in [5.74, 6) is 0.178. The lowest BCUT2D eigenvalue weighted by Crippen LogP contribution is -2.43. The lowest BCUT2D eigenvalue weighted by atomic mass is 9.77. The molecule has 10 heteroatoms. The summed E-state index contributed by atoms with van der Waals surface area (Å²) in [6.07, 6.45) is -0.351. The summed E-state index contributed by atoms with van der Waals surface area (Å²) in [5, 5.41) is 12.8. The molecular weight excluding hydrogens is 457 g/mol. The first-order valence-corrected chi connectivity index (χ1v) is 11.5. The van der Waals surface area contributed by atoms with E-state index in [1.165, 1.54) is 36.0 Å². The van der Waals surface area contributed by atoms with Gasteiger partial charge in [-0.15, -0.1) is 24.9 Å². The van der Waals surface area contributed by atoms with Crippen molar-refractivity contribution in [3.05, 3.63) is 48.5 Å². The van der Waals surface area contributed by atoms with Crippen molar-refractivity contribution in [2.75, 3.05) is 13.1 Å². The molecule has 2 aromatic carbocycles. The largest absolute Gasteiger partial charge is 0.573 e. The lowest BCUT2D eigenvalue weighted by molar-refractivity contribution is -0.274. The molecule has 1 saturated heterocycles. The Balaban J connectivity index is 1.42. The first-order valence-electron chi connectivity index (χ1n) is 10.7. The van der Waals surface area contributed by atoms with Crippen molar-refractivity contribution in [2.24, 2.45) is 5.41 Å². The number of piperidine rings is 1.